The third-order valence-corrected chi connectivity index (χ3v) is 7.28. The molecule has 0 radical (unpaired) electrons. The zero-order valence-corrected chi connectivity index (χ0v) is 18.3. The van der Waals surface area contributed by atoms with Crippen molar-refractivity contribution in [1.29, 1.82) is 0 Å². The van der Waals surface area contributed by atoms with E-state index < -0.39 is 21.5 Å². The van der Waals surface area contributed by atoms with Gasteiger partial charge in [-0.3, -0.25) is 9.59 Å². The number of carbonyl (C=O) groups excluding carboxylic acids is 1. The number of carbonyl (C=O) groups is 1. The van der Waals surface area contributed by atoms with Crippen LogP contribution in [0.1, 0.15) is 25.1 Å². The minimum atomic E-state index is -3.66. The molecule has 10 nitrogen and oxygen atoms in total. The molecule has 29 heavy (non-hydrogen) atoms. The summed E-state index contributed by atoms with van der Waals surface area (Å²) in [5, 5.41) is 10.2. The van der Waals surface area contributed by atoms with Crippen LogP contribution in [-0.4, -0.2) is 52.3 Å². The Balaban J connectivity index is 2.16. The highest BCUT2D eigenvalue weighted by molar-refractivity contribution is 7.99. The van der Waals surface area contributed by atoms with Crippen LogP contribution in [0.15, 0.2) is 33.0 Å². The number of rotatable bonds is 8. The third kappa shape index (κ3) is 5.14. The fourth-order valence-corrected chi connectivity index (χ4v) is 4.92. The Hall–Kier alpha value is -2.44. The monoisotopic (exact) mass is 440 g/mol. The molecular weight excluding hydrogens is 416 g/mol. The largest absolute Gasteiger partial charge is 0.334 e. The number of thioether (sulfide) groups is 1. The summed E-state index contributed by atoms with van der Waals surface area (Å²) in [6.45, 7) is 7.43. The number of hydrogen-bond donors (Lipinski definition) is 2. The lowest BCUT2D eigenvalue weighted by Gasteiger charge is -2.20. The highest BCUT2D eigenvalue weighted by Gasteiger charge is 2.24. The maximum absolute atomic E-state index is 12.8. The first-order valence-corrected chi connectivity index (χ1v) is 11.3. The number of sulfonamides is 1. The number of nitrogens with one attached hydrogen (secondary N) is 1. The van der Waals surface area contributed by atoms with Crippen LogP contribution in [0, 0.1) is 13.8 Å². The number of aromatic nitrogens is 3. The van der Waals surface area contributed by atoms with Gasteiger partial charge in [0.25, 0.3) is 5.56 Å². The van der Waals surface area contributed by atoms with Gasteiger partial charge in [0.2, 0.25) is 21.1 Å². The van der Waals surface area contributed by atoms with Crippen LogP contribution in [0.2, 0.25) is 0 Å². The quantitative estimate of drug-likeness (QED) is 0.452. The van der Waals surface area contributed by atoms with Gasteiger partial charge in [0.05, 0.1) is 10.6 Å². The molecule has 2 aromatic rings. The molecule has 1 heterocycles. The van der Waals surface area contributed by atoms with E-state index in [1.807, 2.05) is 0 Å². The van der Waals surface area contributed by atoms with Gasteiger partial charge in [-0.15, -0.1) is 10.2 Å². The minimum Gasteiger partial charge on any atom is -0.334 e. The van der Waals surface area contributed by atoms with E-state index in [-0.39, 0.29) is 21.5 Å². The summed E-state index contributed by atoms with van der Waals surface area (Å²) in [6.07, 6.45) is 0. The van der Waals surface area contributed by atoms with E-state index in [4.69, 9.17) is 5.84 Å². The lowest BCUT2D eigenvalue weighted by Crippen LogP contribution is -2.32. The van der Waals surface area contributed by atoms with Crippen molar-refractivity contribution in [1.82, 2.24) is 19.2 Å². The van der Waals surface area contributed by atoms with Crippen LogP contribution in [0.5, 0.6) is 0 Å². The van der Waals surface area contributed by atoms with Crippen molar-refractivity contribution in [3.8, 4) is 0 Å². The maximum atomic E-state index is 12.8. The van der Waals surface area contributed by atoms with Gasteiger partial charge in [0, 0.05) is 18.8 Å². The van der Waals surface area contributed by atoms with E-state index in [1.165, 1.54) is 17.3 Å². The molecule has 0 fully saturated rings. The number of aryl methyl sites for hydroxylation is 2. The average Bonchev–Trinajstić information content (AvgIpc) is 2.67. The number of anilines is 1. The molecule has 2 rings (SSSR count). The van der Waals surface area contributed by atoms with E-state index in [0.29, 0.717) is 24.3 Å². The predicted molar refractivity (Wildman–Crippen MR) is 112 cm³/mol. The molecule has 1 aromatic carbocycles. The first-order valence-electron chi connectivity index (χ1n) is 8.86. The van der Waals surface area contributed by atoms with Gasteiger partial charge in [-0.25, -0.2) is 8.42 Å². The SMILES string of the molecule is CCN(CC)S(=O)(=O)c1cc(NC(=O)CSc2nnc(C)c(=O)n2N)ccc1C. The van der Waals surface area contributed by atoms with Crippen LogP contribution in [-0.2, 0) is 14.8 Å². The Bertz CT molecular complexity index is 1060. The van der Waals surface area contributed by atoms with Gasteiger partial charge >= 0.3 is 0 Å². The van der Waals surface area contributed by atoms with Crippen molar-refractivity contribution in [3.63, 3.8) is 0 Å². The zero-order chi connectivity index (χ0) is 21.8. The fraction of sp³-hybridized carbons (Fsp3) is 0.412. The van der Waals surface area contributed by atoms with Crippen molar-refractivity contribution >= 4 is 33.4 Å². The molecular formula is C17H24N6O4S2. The van der Waals surface area contributed by atoms with Gasteiger partial charge in [0.1, 0.15) is 5.69 Å². The van der Waals surface area contributed by atoms with Gasteiger partial charge in [-0.05, 0) is 31.5 Å². The van der Waals surface area contributed by atoms with Crippen molar-refractivity contribution in [3.05, 3.63) is 39.8 Å². The first-order chi connectivity index (χ1) is 13.6. The number of nitrogen functional groups attached to an aromatic ring is 1. The smallest absolute Gasteiger partial charge is 0.294 e. The molecule has 0 bridgehead atoms. The Labute approximate surface area is 173 Å². The normalized spacial score (nSPS) is 11.6. The Morgan fingerprint density at radius 2 is 1.90 bits per heavy atom. The summed E-state index contributed by atoms with van der Waals surface area (Å²) in [6, 6.07) is 4.71. The van der Waals surface area contributed by atoms with E-state index in [9.17, 15) is 18.0 Å². The summed E-state index contributed by atoms with van der Waals surface area (Å²) >= 11 is 0.948. The van der Waals surface area contributed by atoms with Crippen LogP contribution in [0.25, 0.3) is 0 Å². The maximum Gasteiger partial charge on any atom is 0.294 e. The van der Waals surface area contributed by atoms with Gasteiger partial charge < -0.3 is 11.2 Å². The topological polar surface area (TPSA) is 140 Å². The molecule has 0 saturated carbocycles. The van der Waals surface area contributed by atoms with Crippen molar-refractivity contribution in [2.75, 3.05) is 30.0 Å². The van der Waals surface area contributed by atoms with Crippen LogP contribution >= 0.6 is 11.8 Å². The predicted octanol–water partition coefficient (Wildman–Crippen LogP) is 0.730. The molecule has 0 aliphatic heterocycles. The molecule has 12 heteroatoms. The Morgan fingerprint density at radius 1 is 1.24 bits per heavy atom. The molecule has 3 N–H and O–H groups in total. The second-order valence-electron chi connectivity index (χ2n) is 6.15. The van der Waals surface area contributed by atoms with Gasteiger partial charge in [-0.1, -0.05) is 31.7 Å². The molecule has 1 amide bonds. The number of benzene rings is 1. The summed E-state index contributed by atoms with van der Waals surface area (Å²) < 4.78 is 27.8. The molecule has 0 aliphatic carbocycles. The van der Waals surface area contributed by atoms with Crippen LogP contribution < -0.4 is 16.7 Å². The van der Waals surface area contributed by atoms with Crippen LogP contribution in [0.4, 0.5) is 5.69 Å². The number of hydrogen-bond acceptors (Lipinski definition) is 8. The standard InChI is InChI=1S/C17H24N6O4S2/c1-5-22(6-2)29(26,27)14-9-13(8-7-11(14)3)19-15(24)10-28-17-21-20-12(4)16(25)23(17)18/h7-9H,5-6,10,18H2,1-4H3,(H,19,24). The second kappa shape index (κ2) is 9.37. The van der Waals surface area contributed by atoms with Gasteiger partial charge in [-0.2, -0.15) is 8.98 Å². The number of nitrogens with two attached hydrogens (primary N) is 1. The molecule has 1 aromatic heterocycles. The highest BCUT2D eigenvalue weighted by Crippen LogP contribution is 2.24. The molecule has 0 saturated heterocycles. The summed E-state index contributed by atoms with van der Waals surface area (Å²) in [7, 11) is -3.66. The second-order valence-corrected chi connectivity index (χ2v) is 9.00. The Kier molecular flexibility index (Phi) is 7.38. The molecule has 158 valence electrons. The van der Waals surface area contributed by atoms with Crippen LogP contribution in [0.3, 0.4) is 0 Å². The van der Waals surface area contributed by atoms with Gasteiger partial charge in [0.15, 0.2) is 0 Å². The zero-order valence-electron chi connectivity index (χ0n) is 16.7. The van der Waals surface area contributed by atoms with E-state index in [0.717, 1.165) is 16.4 Å². The average molecular weight is 441 g/mol. The molecule has 0 aliphatic rings. The van der Waals surface area contributed by atoms with E-state index in [2.05, 4.69) is 15.5 Å². The molecule has 0 atom stereocenters. The third-order valence-electron chi connectivity index (χ3n) is 4.15. The van der Waals surface area contributed by atoms with E-state index >= 15 is 0 Å². The summed E-state index contributed by atoms with van der Waals surface area (Å²) in [4.78, 5) is 24.2. The lowest BCUT2D eigenvalue weighted by molar-refractivity contribution is -0.113. The number of amides is 1. The molecule has 0 spiro atoms. The van der Waals surface area contributed by atoms with Crippen molar-refractivity contribution in [2.24, 2.45) is 0 Å². The highest BCUT2D eigenvalue weighted by atomic mass is 32.2. The first kappa shape index (κ1) is 22.8. The van der Waals surface area contributed by atoms with Crippen molar-refractivity contribution < 1.29 is 13.2 Å². The minimum absolute atomic E-state index is 0.0830. The lowest BCUT2D eigenvalue weighted by atomic mass is 10.2. The molecule has 0 unspecified atom stereocenters. The van der Waals surface area contributed by atoms with Crippen molar-refractivity contribution in [2.45, 2.75) is 37.7 Å². The fourth-order valence-electron chi connectivity index (χ4n) is 2.55. The Morgan fingerprint density at radius 3 is 2.52 bits per heavy atom. The van der Waals surface area contributed by atoms with E-state index in [1.54, 1.807) is 32.9 Å². The number of nitrogens with zero attached hydrogens (tertiary/aromatic N) is 4. The summed E-state index contributed by atoms with van der Waals surface area (Å²) in [5.41, 5.74) is 0.606. The summed E-state index contributed by atoms with van der Waals surface area (Å²) in [5.74, 6) is 5.15.